The van der Waals surface area contributed by atoms with Crippen LogP contribution in [0.15, 0.2) is 12.4 Å². The van der Waals surface area contributed by atoms with Crippen molar-refractivity contribution in [1.29, 1.82) is 0 Å². The number of ether oxygens (including phenoxy) is 2. The van der Waals surface area contributed by atoms with Gasteiger partial charge >= 0.3 is 0 Å². The van der Waals surface area contributed by atoms with E-state index in [1.54, 1.807) is 0 Å². The van der Waals surface area contributed by atoms with Gasteiger partial charge in [-0.25, -0.2) is 9.97 Å². The normalized spacial score (nSPS) is 12.1. The van der Waals surface area contributed by atoms with Crippen LogP contribution in [-0.2, 0) is 4.74 Å². The first-order valence-electron chi connectivity index (χ1n) is 4.99. The first kappa shape index (κ1) is 12.8. The average Bonchev–Trinajstić information content (AvgIpc) is 2.27. The predicted octanol–water partition coefficient (Wildman–Crippen LogP) is 0.915. The topological polar surface area (TPSA) is 70.3 Å². The summed E-state index contributed by atoms with van der Waals surface area (Å²) in [6.45, 7) is 5.03. The van der Waals surface area contributed by atoms with E-state index in [1.807, 2.05) is 13.8 Å². The largest absolute Gasteiger partial charge is 0.471 e. The predicted molar refractivity (Wildman–Crippen MR) is 64.5 cm³/mol. The standard InChI is InChI=1S/C10H15N3O2S/c1-3-14-6-7(2)15-9-5-12-8(4-13-9)10(11)16/h4-5,7H,3,6H2,1-2H3,(H2,11,16). The second-order valence-corrected chi connectivity index (χ2v) is 3.63. The van der Waals surface area contributed by atoms with Gasteiger partial charge < -0.3 is 15.2 Å². The van der Waals surface area contributed by atoms with E-state index in [1.165, 1.54) is 12.4 Å². The van der Waals surface area contributed by atoms with Gasteiger partial charge in [-0.1, -0.05) is 12.2 Å². The molecule has 16 heavy (non-hydrogen) atoms. The molecule has 6 heteroatoms. The zero-order chi connectivity index (χ0) is 12.0. The van der Waals surface area contributed by atoms with Crippen molar-refractivity contribution >= 4 is 17.2 Å². The summed E-state index contributed by atoms with van der Waals surface area (Å²) in [7, 11) is 0. The molecule has 88 valence electrons. The molecule has 5 nitrogen and oxygen atoms in total. The second-order valence-electron chi connectivity index (χ2n) is 3.19. The van der Waals surface area contributed by atoms with Crippen LogP contribution in [0.2, 0.25) is 0 Å². The monoisotopic (exact) mass is 241 g/mol. The Morgan fingerprint density at radius 3 is 2.75 bits per heavy atom. The van der Waals surface area contributed by atoms with Gasteiger partial charge in [-0.2, -0.15) is 0 Å². The van der Waals surface area contributed by atoms with Crippen molar-refractivity contribution in [3.63, 3.8) is 0 Å². The molecule has 0 saturated heterocycles. The molecule has 1 aromatic rings. The highest BCUT2D eigenvalue weighted by atomic mass is 32.1. The molecule has 1 atom stereocenters. The van der Waals surface area contributed by atoms with Crippen molar-refractivity contribution in [2.24, 2.45) is 5.73 Å². The van der Waals surface area contributed by atoms with E-state index in [2.05, 4.69) is 9.97 Å². The minimum absolute atomic E-state index is 0.0649. The maximum atomic E-state index is 5.47. The minimum Gasteiger partial charge on any atom is -0.471 e. The summed E-state index contributed by atoms with van der Waals surface area (Å²) in [4.78, 5) is 8.28. The molecule has 1 heterocycles. The van der Waals surface area contributed by atoms with Gasteiger partial charge in [-0.3, -0.25) is 0 Å². The van der Waals surface area contributed by atoms with Gasteiger partial charge in [-0.15, -0.1) is 0 Å². The third-order valence-electron chi connectivity index (χ3n) is 1.76. The van der Waals surface area contributed by atoms with Gasteiger partial charge in [0.25, 0.3) is 0 Å². The molecule has 1 aromatic heterocycles. The van der Waals surface area contributed by atoms with Crippen LogP contribution in [0.3, 0.4) is 0 Å². The molecule has 0 bridgehead atoms. The fourth-order valence-electron chi connectivity index (χ4n) is 1.03. The Morgan fingerprint density at radius 2 is 2.25 bits per heavy atom. The number of hydrogen-bond donors (Lipinski definition) is 1. The van der Waals surface area contributed by atoms with Crippen LogP contribution in [0.4, 0.5) is 0 Å². The molecule has 0 aliphatic heterocycles. The van der Waals surface area contributed by atoms with Crippen molar-refractivity contribution in [2.45, 2.75) is 20.0 Å². The SMILES string of the molecule is CCOCC(C)Oc1cnc(C(N)=S)cn1. The lowest BCUT2D eigenvalue weighted by molar-refractivity contribution is 0.0631. The Balaban J connectivity index is 2.51. The highest BCUT2D eigenvalue weighted by molar-refractivity contribution is 7.80. The van der Waals surface area contributed by atoms with E-state index in [4.69, 9.17) is 27.4 Å². The zero-order valence-electron chi connectivity index (χ0n) is 9.34. The summed E-state index contributed by atoms with van der Waals surface area (Å²) in [6.07, 6.45) is 2.92. The van der Waals surface area contributed by atoms with Gasteiger partial charge in [0.05, 0.1) is 19.0 Å². The maximum Gasteiger partial charge on any atom is 0.232 e. The molecule has 0 amide bonds. The molecule has 2 N–H and O–H groups in total. The smallest absolute Gasteiger partial charge is 0.232 e. The number of rotatable bonds is 6. The van der Waals surface area contributed by atoms with Crippen LogP contribution in [-0.4, -0.2) is 34.3 Å². The Hall–Kier alpha value is -1.27. The van der Waals surface area contributed by atoms with E-state index in [0.717, 1.165) is 0 Å². The Labute approximate surface area is 100.0 Å². The Morgan fingerprint density at radius 1 is 1.50 bits per heavy atom. The van der Waals surface area contributed by atoms with Crippen molar-refractivity contribution in [2.75, 3.05) is 13.2 Å². The molecule has 1 unspecified atom stereocenters. The third-order valence-corrected chi connectivity index (χ3v) is 1.97. The van der Waals surface area contributed by atoms with E-state index in [-0.39, 0.29) is 11.1 Å². The van der Waals surface area contributed by atoms with E-state index >= 15 is 0 Å². The van der Waals surface area contributed by atoms with Crippen molar-refractivity contribution in [3.8, 4) is 5.88 Å². The van der Waals surface area contributed by atoms with Gasteiger partial charge in [0.2, 0.25) is 5.88 Å². The molecule has 0 aliphatic carbocycles. The van der Waals surface area contributed by atoms with Crippen LogP contribution in [0.5, 0.6) is 5.88 Å². The summed E-state index contributed by atoms with van der Waals surface area (Å²) < 4.78 is 10.7. The van der Waals surface area contributed by atoms with E-state index in [0.29, 0.717) is 24.8 Å². The average molecular weight is 241 g/mol. The third kappa shape index (κ3) is 4.08. The molecular formula is C10H15N3O2S. The van der Waals surface area contributed by atoms with E-state index in [9.17, 15) is 0 Å². The van der Waals surface area contributed by atoms with Gasteiger partial charge in [0.1, 0.15) is 16.8 Å². The summed E-state index contributed by atoms with van der Waals surface area (Å²) in [5.41, 5.74) is 5.88. The molecule has 0 radical (unpaired) electrons. The first-order chi connectivity index (χ1) is 7.63. The van der Waals surface area contributed by atoms with Gasteiger partial charge in [-0.05, 0) is 13.8 Å². The minimum atomic E-state index is -0.0649. The molecule has 0 saturated carbocycles. The van der Waals surface area contributed by atoms with Crippen LogP contribution in [0.1, 0.15) is 19.5 Å². The van der Waals surface area contributed by atoms with Crippen molar-refractivity contribution in [1.82, 2.24) is 9.97 Å². The zero-order valence-corrected chi connectivity index (χ0v) is 10.2. The molecular weight excluding hydrogens is 226 g/mol. The maximum absolute atomic E-state index is 5.47. The number of thiocarbonyl (C=S) groups is 1. The molecule has 0 aromatic carbocycles. The van der Waals surface area contributed by atoms with Crippen molar-refractivity contribution in [3.05, 3.63) is 18.1 Å². The number of hydrogen-bond acceptors (Lipinski definition) is 5. The number of aromatic nitrogens is 2. The number of nitrogens with two attached hydrogens (primary N) is 1. The summed E-state index contributed by atoms with van der Waals surface area (Å²) in [5, 5.41) is 0. The fourth-order valence-corrected chi connectivity index (χ4v) is 1.13. The summed E-state index contributed by atoms with van der Waals surface area (Å²) >= 11 is 4.76. The fraction of sp³-hybridized carbons (Fsp3) is 0.500. The van der Waals surface area contributed by atoms with Crippen LogP contribution < -0.4 is 10.5 Å². The highest BCUT2D eigenvalue weighted by Gasteiger charge is 2.06. The summed E-state index contributed by atoms with van der Waals surface area (Å²) in [6, 6.07) is 0. The Kier molecular flexibility index (Phi) is 5.07. The quantitative estimate of drug-likeness (QED) is 0.747. The van der Waals surface area contributed by atoms with Crippen LogP contribution in [0.25, 0.3) is 0 Å². The first-order valence-corrected chi connectivity index (χ1v) is 5.40. The molecule has 0 spiro atoms. The lowest BCUT2D eigenvalue weighted by Crippen LogP contribution is -2.20. The van der Waals surface area contributed by atoms with Crippen molar-refractivity contribution < 1.29 is 9.47 Å². The Bertz CT molecular complexity index is 342. The molecule has 1 rings (SSSR count). The lowest BCUT2D eigenvalue weighted by atomic mass is 10.4. The van der Waals surface area contributed by atoms with Gasteiger partial charge in [0.15, 0.2) is 0 Å². The highest BCUT2D eigenvalue weighted by Crippen LogP contribution is 2.06. The molecule has 0 fully saturated rings. The van der Waals surface area contributed by atoms with Gasteiger partial charge in [0, 0.05) is 6.61 Å². The lowest BCUT2D eigenvalue weighted by Gasteiger charge is -2.13. The molecule has 0 aliphatic rings. The van der Waals surface area contributed by atoms with E-state index < -0.39 is 0 Å². The number of nitrogens with zero attached hydrogens (tertiary/aromatic N) is 2. The van der Waals surface area contributed by atoms with Crippen LogP contribution in [0, 0.1) is 0 Å². The second kappa shape index (κ2) is 6.34. The van der Waals surface area contributed by atoms with Crippen LogP contribution >= 0.6 is 12.2 Å². The summed E-state index contributed by atoms with van der Waals surface area (Å²) in [5.74, 6) is 0.437.